The van der Waals surface area contributed by atoms with Crippen LogP contribution in [-0.4, -0.2) is 57.1 Å². The van der Waals surface area contributed by atoms with Crippen molar-refractivity contribution in [2.45, 2.75) is 31.3 Å². The summed E-state index contributed by atoms with van der Waals surface area (Å²) in [5.74, 6) is 0. The number of hydrogen-bond donors (Lipinski definition) is 4. The van der Waals surface area contributed by atoms with Crippen molar-refractivity contribution >= 4 is 5.71 Å². The first-order chi connectivity index (χ1) is 5.57. The van der Waals surface area contributed by atoms with Crippen LogP contribution in [0.15, 0.2) is 4.99 Å². The van der Waals surface area contributed by atoms with Crippen LogP contribution in [0, 0.1) is 0 Å². The molecule has 5 nitrogen and oxygen atoms in total. The third-order valence-electron chi connectivity index (χ3n) is 2.05. The highest BCUT2D eigenvalue weighted by Gasteiger charge is 2.36. The maximum Gasteiger partial charge on any atom is 0.120 e. The highest BCUT2D eigenvalue weighted by molar-refractivity contribution is 5.87. The van der Waals surface area contributed by atoms with E-state index < -0.39 is 24.4 Å². The van der Waals surface area contributed by atoms with Gasteiger partial charge in [-0.1, -0.05) is 0 Å². The second-order valence-corrected chi connectivity index (χ2v) is 2.95. The number of aliphatic hydroxyl groups is 4. The number of rotatable bonds is 1. The molecule has 12 heavy (non-hydrogen) atoms. The van der Waals surface area contributed by atoms with E-state index in [-0.39, 0.29) is 6.61 Å². The van der Waals surface area contributed by atoms with Crippen LogP contribution in [0.2, 0.25) is 0 Å². The summed E-state index contributed by atoms with van der Waals surface area (Å²) in [4.78, 5) is 3.82. The van der Waals surface area contributed by atoms with E-state index in [1.54, 1.807) is 6.92 Å². The van der Waals surface area contributed by atoms with Gasteiger partial charge >= 0.3 is 0 Å². The zero-order valence-electron chi connectivity index (χ0n) is 6.75. The van der Waals surface area contributed by atoms with Crippen LogP contribution in [-0.2, 0) is 0 Å². The summed E-state index contributed by atoms with van der Waals surface area (Å²) < 4.78 is 0. The van der Waals surface area contributed by atoms with Crippen molar-refractivity contribution in [3.8, 4) is 0 Å². The summed E-state index contributed by atoms with van der Waals surface area (Å²) in [5, 5.41) is 36.4. The minimum Gasteiger partial charge on any atom is -0.394 e. The topological polar surface area (TPSA) is 93.3 Å². The fourth-order valence-electron chi connectivity index (χ4n) is 1.22. The first kappa shape index (κ1) is 9.60. The van der Waals surface area contributed by atoms with Gasteiger partial charge in [-0.2, -0.15) is 0 Å². The SMILES string of the molecule is CC1=N[C@@H](CO)[C@@H](O)[C@H](O)[C@@H]1O. The molecule has 0 radical (unpaired) electrons. The molecule has 4 atom stereocenters. The standard InChI is InChI=1S/C7H13NO4/c1-3-5(10)7(12)6(11)4(2-9)8-3/h4-7,9-12H,2H2,1H3/t4-,5+,6+,7+/m0/s1. The number of aliphatic hydroxyl groups excluding tert-OH is 4. The van der Waals surface area contributed by atoms with Gasteiger partial charge in [0.25, 0.3) is 0 Å². The molecular weight excluding hydrogens is 162 g/mol. The summed E-state index contributed by atoms with van der Waals surface area (Å²) in [7, 11) is 0. The molecule has 0 aliphatic carbocycles. The van der Waals surface area contributed by atoms with Crippen LogP contribution in [0.3, 0.4) is 0 Å². The third-order valence-corrected chi connectivity index (χ3v) is 2.05. The Hall–Kier alpha value is -0.490. The average molecular weight is 175 g/mol. The molecular formula is C7H13NO4. The molecule has 4 N–H and O–H groups in total. The van der Waals surface area contributed by atoms with Crippen molar-refractivity contribution in [2.24, 2.45) is 4.99 Å². The molecule has 0 aromatic carbocycles. The van der Waals surface area contributed by atoms with Crippen molar-refractivity contribution in [1.82, 2.24) is 0 Å². The maximum absolute atomic E-state index is 9.25. The summed E-state index contributed by atoms with van der Waals surface area (Å²) in [6.07, 6.45) is -3.56. The largest absolute Gasteiger partial charge is 0.394 e. The first-order valence-corrected chi connectivity index (χ1v) is 3.77. The van der Waals surface area contributed by atoms with Gasteiger partial charge in [0.05, 0.1) is 6.61 Å². The molecule has 0 aromatic rings. The monoisotopic (exact) mass is 175 g/mol. The van der Waals surface area contributed by atoms with Gasteiger partial charge < -0.3 is 20.4 Å². The second kappa shape index (κ2) is 3.49. The lowest BCUT2D eigenvalue weighted by Gasteiger charge is -2.31. The van der Waals surface area contributed by atoms with E-state index in [4.69, 9.17) is 5.11 Å². The molecule has 0 amide bonds. The van der Waals surface area contributed by atoms with Crippen LogP contribution in [0.5, 0.6) is 0 Å². The van der Waals surface area contributed by atoms with Gasteiger partial charge in [-0.05, 0) is 6.92 Å². The van der Waals surface area contributed by atoms with Gasteiger partial charge in [0, 0.05) is 5.71 Å². The Morgan fingerprint density at radius 2 is 1.83 bits per heavy atom. The minimum absolute atomic E-state index is 0.331. The van der Waals surface area contributed by atoms with Crippen LogP contribution in [0.4, 0.5) is 0 Å². The first-order valence-electron chi connectivity index (χ1n) is 3.77. The molecule has 0 bridgehead atoms. The van der Waals surface area contributed by atoms with E-state index >= 15 is 0 Å². The molecule has 0 fully saturated rings. The van der Waals surface area contributed by atoms with Crippen LogP contribution in [0.25, 0.3) is 0 Å². The smallest absolute Gasteiger partial charge is 0.120 e. The zero-order chi connectivity index (χ0) is 9.30. The average Bonchev–Trinajstić information content (AvgIpc) is 2.08. The Morgan fingerprint density at radius 3 is 2.33 bits per heavy atom. The minimum atomic E-state index is -1.25. The quantitative estimate of drug-likeness (QED) is 0.367. The molecule has 5 heteroatoms. The van der Waals surface area contributed by atoms with E-state index in [1.165, 1.54) is 0 Å². The summed E-state index contributed by atoms with van der Waals surface area (Å²) in [6.45, 7) is 1.21. The molecule has 0 spiro atoms. The normalized spacial score (nSPS) is 42.6. The molecule has 70 valence electrons. The Labute approximate surface area is 70.0 Å². The summed E-state index contributed by atoms with van der Waals surface area (Å²) in [5.41, 5.74) is 0.340. The predicted octanol–water partition coefficient (Wildman–Crippen LogP) is -2.10. The Bertz CT molecular complexity index is 194. The van der Waals surface area contributed by atoms with Crippen molar-refractivity contribution in [1.29, 1.82) is 0 Å². The molecule has 0 aromatic heterocycles. The predicted molar refractivity (Wildman–Crippen MR) is 42.0 cm³/mol. The van der Waals surface area contributed by atoms with Crippen molar-refractivity contribution in [3.63, 3.8) is 0 Å². The number of nitrogens with zero attached hydrogens (tertiary/aromatic N) is 1. The van der Waals surface area contributed by atoms with E-state index in [1.807, 2.05) is 0 Å². The third kappa shape index (κ3) is 1.49. The number of aliphatic imine (C=N–C) groups is 1. The molecule has 1 aliphatic heterocycles. The molecule has 1 aliphatic rings. The lowest BCUT2D eigenvalue weighted by molar-refractivity contribution is -0.0586. The zero-order valence-corrected chi connectivity index (χ0v) is 6.75. The molecule has 0 saturated carbocycles. The van der Waals surface area contributed by atoms with E-state index in [0.717, 1.165) is 0 Å². The van der Waals surface area contributed by atoms with Gasteiger partial charge in [0.15, 0.2) is 0 Å². The van der Waals surface area contributed by atoms with Gasteiger partial charge in [0.1, 0.15) is 24.4 Å². The van der Waals surface area contributed by atoms with E-state index in [2.05, 4.69) is 4.99 Å². The van der Waals surface area contributed by atoms with Crippen molar-refractivity contribution in [3.05, 3.63) is 0 Å². The summed E-state index contributed by atoms with van der Waals surface area (Å²) in [6, 6.07) is -0.719. The molecule has 1 heterocycles. The fourth-order valence-corrected chi connectivity index (χ4v) is 1.22. The molecule has 1 rings (SSSR count). The van der Waals surface area contributed by atoms with Crippen LogP contribution in [0.1, 0.15) is 6.92 Å². The van der Waals surface area contributed by atoms with Crippen molar-refractivity contribution in [2.75, 3.05) is 6.61 Å². The highest BCUT2D eigenvalue weighted by atomic mass is 16.4. The lowest BCUT2D eigenvalue weighted by Crippen LogP contribution is -2.52. The van der Waals surface area contributed by atoms with Crippen LogP contribution < -0.4 is 0 Å². The van der Waals surface area contributed by atoms with Gasteiger partial charge in [0.2, 0.25) is 0 Å². The number of hydrogen-bond acceptors (Lipinski definition) is 5. The van der Waals surface area contributed by atoms with Crippen LogP contribution >= 0.6 is 0 Å². The summed E-state index contributed by atoms with van der Waals surface area (Å²) >= 11 is 0. The Morgan fingerprint density at radius 1 is 1.25 bits per heavy atom. The fraction of sp³-hybridized carbons (Fsp3) is 0.857. The van der Waals surface area contributed by atoms with E-state index in [9.17, 15) is 15.3 Å². The maximum atomic E-state index is 9.25. The lowest BCUT2D eigenvalue weighted by atomic mass is 9.95. The van der Waals surface area contributed by atoms with Gasteiger partial charge in [-0.3, -0.25) is 4.99 Å². The van der Waals surface area contributed by atoms with E-state index in [0.29, 0.717) is 5.71 Å². The van der Waals surface area contributed by atoms with Gasteiger partial charge in [-0.25, -0.2) is 0 Å². The Balaban J connectivity index is 2.83. The molecule has 0 saturated heterocycles. The molecule has 0 unspecified atom stereocenters. The highest BCUT2D eigenvalue weighted by Crippen LogP contribution is 2.15. The Kier molecular flexibility index (Phi) is 2.79. The van der Waals surface area contributed by atoms with Gasteiger partial charge in [-0.15, -0.1) is 0 Å². The van der Waals surface area contributed by atoms with Crippen molar-refractivity contribution < 1.29 is 20.4 Å². The second-order valence-electron chi connectivity index (χ2n) is 2.95.